The van der Waals surface area contributed by atoms with E-state index in [0.29, 0.717) is 28.6 Å². The fraction of sp³-hybridized carbons (Fsp3) is 0.292. The summed E-state index contributed by atoms with van der Waals surface area (Å²) in [6.07, 6.45) is 0. The first-order chi connectivity index (χ1) is 15.3. The van der Waals surface area contributed by atoms with Crippen molar-refractivity contribution in [2.24, 2.45) is 0 Å². The largest absolute Gasteiger partial charge is 0.463 e. The van der Waals surface area contributed by atoms with E-state index < -0.39 is 6.04 Å². The van der Waals surface area contributed by atoms with Gasteiger partial charge in [-0.25, -0.2) is 9.59 Å². The van der Waals surface area contributed by atoms with Crippen LogP contribution in [0.15, 0.2) is 59.8 Å². The summed E-state index contributed by atoms with van der Waals surface area (Å²) in [5.74, 6) is -0.390. The first-order valence-corrected chi connectivity index (χ1v) is 10.9. The quantitative estimate of drug-likeness (QED) is 0.434. The number of esters is 1. The van der Waals surface area contributed by atoms with E-state index in [2.05, 4.69) is 16.0 Å². The molecular formula is C24H28N4O3S. The number of nitrogens with zero attached hydrogens (tertiary/aromatic N) is 1. The molecule has 3 N–H and O–H groups in total. The molecule has 7 nitrogen and oxygen atoms in total. The monoisotopic (exact) mass is 452 g/mol. The molecule has 0 aromatic heterocycles. The van der Waals surface area contributed by atoms with E-state index in [1.807, 2.05) is 68.1 Å². The minimum Gasteiger partial charge on any atom is -0.463 e. The van der Waals surface area contributed by atoms with E-state index >= 15 is 0 Å². The number of aryl methyl sites for hydroxylation is 1. The van der Waals surface area contributed by atoms with Crippen LogP contribution in [0.1, 0.15) is 37.9 Å². The second-order valence-corrected chi connectivity index (χ2v) is 7.80. The Kier molecular flexibility index (Phi) is 7.48. The third kappa shape index (κ3) is 5.26. The van der Waals surface area contributed by atoms with Crippen molar-refractivity contribution in [2.45, 2.75) is 33.7 Å². The van der Waals surface area contributed by atoms with E-state index in [0.717, 1.165) is 16.8 Å². The lowest BCUT2D eigenvalue weighted by Gasteiger charge is -2.37. The standard InChI is InChI=1S/C24H28N4O3S/c1-5-28-16(4)20(22(29)31-6-2)21(27-24(28)32)17-8-7-9-19(14-17)26-23(30)25-18-12-10-15(3)11-13-18/h7-14,21H,5-6H2,1-4H3,(H,27,32)(H2,25,26,30). The SMILES string of the molecule is CCOC(=O)C1=C(C)N(CC)C(=S)NC1c1cccc(NC(=O)Nc2ccc(C)cc2)c1. The number of thiocarbonyl (C=S) groups is 1. The molecule has 32 heavy (non-hydrogen) atoms. The highest BCUT2D eigenvalue weighted by Gasteiger charge is 2.34. The van der Waals surface area contributed by atoms with Crippen molar-refractivity contribution in [1.82, 2.24) is 10.2 Å². The second kappa shape index (κ2) is 10.3. The Balaban J connectivity index is 1.85. The average Bonchev–Trinajstić information content (AvgIpc) is 2.75. The Labute approximate surface area is 193 Å². The molecule has 1 unspecified atom stereocenters. The highest BCUT2D eigenvalue weighted by Crippen LogP contribution is 2.32. The lowest BCUT2D eigenvalue weighted by atomic mass is 9.94. The van der Waals surface area contributed by atoms with Crippen LogP contribution in [0.2, 0.25) is 0 Å². The smallest absolute Gasteiger partial charge is 0.338 e. The van der Waals surface area contributed by atoms with Gasteiger partial charge in [-0.15, -0.1) is 0 Å². The molecule has 2 amide bonds. The minimum absolute atomic E-state index is 0.277. The molecule has 2 aromatic rings. The number of carbonyl (C=O) groups is 2. The zero-order chi connectivity index (χ0) is 23.3. The summed E-state index contributed by atoms with van der Waals surface area (Å²) in [4.78, 5) is 27.1. The van der Waals surface area contributed by atoms with Gasteiger partial charge in [0.2, 0.25) is 0 Å². The Morgan fingerprint density at radius 2 is 1.75 bits per heavy atom. The van der Waals surface area contributed by atoms with Gasteiger partial charge < -0.3 is 25.6 Å². The number of anilines is 2. The molecule has 1 heterocycles. The molecule has 0 saturated carbocycles. The van der Waals surface area contributed by atoms with E-state index in [4.69, 9.17) is 17.0 Å². The number of allylic oxidation sites excluding steroid dienone is 1. The van der Waals surface area contributed by atoms with Crippen molar-refractivity contribution in [1.29, 1.82) is 0 Å². The third-order valence-corrected chi connectivity index (χ3v) is 5.53. The Bertz CT molecular complexity index is 1050. The number of hydrogen-bond donors (Lipinski definition) is 3. The maximum atomic E-state index is 12.8. The van der Waals surface area contributed by atoms with Gasteiger partial charge in [-0.05, 0) is 69.7 Å². The predicted molar refractivity (Wildman–Crippen MR) is 130 cm³/mol. The zero-order valence-electron chi connectivity index (χ0n) is 18.7. The number of benzene rings is 2. The van der Waals surface area contributed by atoms with Crippen molar-refractivity contribution in [2.75, 3.05) is 23.8 Å². The van der Waals surface area contributed by atoms with Crippen LogP contribution in [0.3, 0.4) is 0 Å². The van der Waals surface area contributed by atoms with Gasteiger partial charge >= 0.3 is 12.0 Å². The number of rotatable bonds is 6. The summed E-state index contributed by atoms with van der Waals surface area (Å²) in [5, 5.41) is 9.44. The molecule has 0 saturated heterocycles. The van der Waals surface area contributed by atoms with Crippen molar-refractivity contribution in [3.05, 3.63) is 70.9 Å². The summed E-state index contributed by atoms with van der Waals surface area (Å²) >= 11 is 5.52. The van der Waals surface area contributed by atoms with Crippen LogP contribution in [0, 0.1) is 6.92 Å². The summed E-state index contributed by atoms with van der Waals surface area (Å²) < 4.78 is 5.31. The maximum Gasteiger partial charge on any atom is 0.338 e. The van der Waals surface area contributed by atoms with Gasteiger partial charge in [0.15, 0.2) is 5.11 Å². The van der Waals surface area contributed by atoms with Crippen molar-refractivity contribution in [3.8, 4) is 0 Å². The van der Waals surface area contributed by atoms with E-state index in [-0.39, 0.29) is 18.6 Å². The fourth-order valence-corrected chi connectivity index (χ4v) is 4.00. The van der Waals surface area contributed by atoms with Gasteiger partial charge in [0.1, 0.15) is 0 Å². The number of amides is 2. The summed E-state index contributed by atoms with van der Waals surface area (Å²) in [7, 11) is 0. The van der Waals surface area contributed by atoms with Crippen molar-refractivity contribution in [3.63, 3.8) is 0 Å². The van der Waals surface area contributed by atoms with Crippen LogP contribution in [0.5, 0.6) is 0 Å². The van der Waals surface area contributed by atoms with Gasteiger partial charge in [-0.2, -0.15) is 0 Å². The first-order valence-electron chi connectivity index (χ1n) is 10.5. The van der Waals surface area contributed by atoms with Crippen molar-refractivity contribution < 1.29 is 14.3 Å². The highest BCUT2D eigenvalue weighted by atomic mass is 32.1. The molecule has 8 heteroatoms. The lowest BCUT2D eigenvalue weighted by Crippen LogP contribution is -2.47. The van der Waals surface area contributed by atoms with Crippen LogP contribution in [-0.2, 0) is 9.53 Å². The van der Waals surface area contributed by atoms with Crippen LogP contribution in [-0.4, -0.2) is 35.2 Å². The summed E-state index contributed by atoms with van der Waals surface area (Å²) in [6, 6.07) is 14.0. The van der Waals surface area contributed by atoms with Crippen LogP contribution < -0.4 is 16.0 Å². The van der Waals surface area contributed by atoms with Gasteiger partial charge in [0.05, 0.1) is 18.2 Å². The number of urea groups is 1. The first kappa shape index (κ1) is 23.3. The van der Waals surface area contributed by atoms with Crippen molar-refractivity contribution >= 4 is 40.7 Å². The molecule has 3 rings (SSSR count). The average molecular weight is 453 g/mol. The molecule has 0 radical (unpaired) electrons. The summed E-state index contributed by atoms with van der Waals surface area (Å²) in [5.41, 5.74) is 4.46. The minimum atomic E-state index is -0.480. The molecule has 0 fully saturated rings. The molecule has 0 aliphatic carbocycles. The second-order valence-electron chi connectivity index (χ2n) is 7.42. The lowest BCUT2D eigenvalue weighted by molar-refractivity contribution is -0.139. The van der Waals surface area contributed by atoms with E-state index in [1.54, 1.807) is 13.0 Å². The number of nitrogens with one attached hydrogen (secondary N) is 3. The maximum absolute atomic E-state index is 12.8. The van der Waals surface area contributed by atoms with Gasteiger partial charge in [0.25, 0.3) is 0 Å². The Morgan fingerprint density at radius 1 is 1.06 bits per heavy atom. The highest BCUT2D eigenvalue weighted by molar-refractivity contribution is 7.80. The topological polar surface area (TPSA) is 82.7 Å². The van der Waals surface area contributed by atoms with Crippen LogP contribution in [0.4, 0.5) is 16.2 Å². The zero-order valence-corrected chi connectivity index (χ0v) is 19.5. The molecule has 0 spiro atoms. The predicted octanol–water partition coefficient (Wildman–Crippen LogP) is 4.73. The number of ether oxygens (including phenoxy) is 1. The van der Waals surface area contributed by atoms with Gasteiger partial charge in [-0.1, -0.05) is 29.8 Å². The van der Waals surface area contributed by atoms with E-state index in [1.165, 1.54) is 0 Å². The van der Waals surface area contributed by atoms with Gasteiger partial charge in [-0.3, -0.25) is 0 Å². The van der Waals surface area contributed by atoms with Gasteiger partial charge in [0, 0.05) is 23.6 Å². The third-order valence-electron chi connectivity index (χ3n) is 5.20. The molecular weight excluding hydrogens is 424 g/mol. The van der Waals surface area contributed by atoms with Crippen LogP contribution >= 0.6 is 12.2 Å². The molecule has 2 aromatic carbocycles. The molecule has 0 bridgehead atoms. The Morgan fingerprint density at radius 3 is 2.41 bits per heavy atom. The molecule has 1 atom stereocenters. The van der Waals surface area contributed by atoms with Crippen LogP contribution in [0.25, 0.3) is 0 Å². The fourth-order valence-electron chi connectivity index (χ4n) is 3.61. The molecule has 168 valence electrons. The summed E-state index contributed by atoms with van der Waals surface area (Å²) in [6.45, 7) is 8.51. The number of hydrogen-bond acceptors (Lipinski definition) is 4. The normalized spacial score (nSPS) is 15.8. The number of carbonyl (C=O) groups excluding carboxylic acids is 2. The Hall–Kier alpha value is -3.39. The van der Waals surface area contributed by atoms with E-state index in [9.17, 15) is 9.59 Å². The molecule has 1 aliphatic heterocycles. The molecule has 1 aliphatic rings.